The van der Waals surface area contributed by atoms with Gasteiger partial charge in [0, 0.05) is 13.0 Å². The van der Waals surface area contributed by atoms with Gasteiger partial charge in [0.05, 0.1) is 20.1 Å². The average Bonchev–Trinajstić information content (AvgIpc) is 2.45. The van der Waals surface area contributed by atoms with Crippen LogP contribution in [0.15, 0.2) is 24.3 Å². The molecular weight excluding hydrogens is 265 g/mol. The van der Waals surface area contributed by atoms with Crippen molar-refractivity contribution in [1.29, 1.82) is 0 Å². The van der Waals surface area contributed by atoms with Gasteiger partial charge in [-0.1, -0.05) is 0 Å². The molecule has 0 aliphatic heterocycles. The average molecular weight is 283 g/mol. The highest BCUT2D eigenvalue weighted by molar-refractivity contribution is 5.76. The van der Waals surface area contributed by atoms with Crippen LogP contribution < -0.4 is 10.1 Å². The van der Waals surface area contributed by atoms with Crippen molar-refractivity contribution < 1.29 is 23.5 Å². The standard InChI is InChI=1S/C14H18FNO4/c1-19-14(18)8-9-16-13(17)3-2-10-20-12-6-4-11(15)5-7-12/h4-7H,2-3,8-10H2,1H3,(H,16,17). The van der Waals surface area contributed by atoms with Crippen LogP contribution in [-0.2, 0) is 14.3 Å². The van der Waals surface area contributed by atoms with Crippen molar-refractivity contribution in [2.75, 3.05) is 20.3 Å². The zero-order valence-corrected chi connectivity index (χ0v) is 11.4. The molecule has 110 valence electrons. The Kier molecular flexibility index (Phi) is 7.10. The number of ether oxygens (including phenoxy) is 2. The minimum Gasteiger partial charge on any atom is -0.494 e. The van der Waals surface area contributed by atoms with E-state index in [1.165, 1.54) is 31.4 Å². The van der Waals surface area contributed by atoms with Crippen LogP contribution in [0.5, 0.6) is 5.75 Å². The zero-order valence-electron chi connectivity index (χ0n) is 11.4. The van der Waals surface area contributed by atoms with Crippen LogP contribution >= 0.6 is 0 Å². The molecule has 20 heavy (non-hydrogen) atoms. The van der Waals surface area contributed by atoms with E-state index in [2.05, 4.69) is 10.1 Å². The molecule has 0 aliphatic carbocycles. The van der Waals surface area contributed by atoms with Crippen molar-refractivity contribution >= 4 is 11.9 Å². The molecule has 5 nitrogen and oxygen atoms in total. The van der Waals surface area contributed by atoms with E-state index in [1.807, 2.05) is 0 Å². The number of hydrogen-bond acceptors (Lipinski definition) is 4. The first-order chi connectivity index (χ1) is 9.61. The number of carbonyl (C=O) groups is 2. The van der Waals surface area contributed by atoms with E-state index in [4.69, 9.17) is 4.74 Å². The Hall–Kier alpha value is -2.11. The minimum absolute atomic E-state index is 0.142. The lowest BCUT2D eigenvalue weighted by Crippen LogP contribution is -2.26. The molecule has 0 bridgehead atoms. The second-order valence-electron chi connectivity index (χ2n) is 4.08. The number of carbonyl (C=O) groups excluding carboxylic acids is 2. The Morgan fingerprint density at radius 3 is 2.55 bits per heavy atom. The summed E-state index contributed by atoms with van der Waals surface area (Å²) in [5.74, 6) is -0.249. The van der Waals surface area contributed by atoms with Crippen LogP contribution in [0.2, 0.25) is 0 Å². The van der Waals surface area contributed by atoms with E-state index < -0.39 is 0 Å². The molecule has 0 spiro atoms. The Balaban J connectivity index is 2.07. The van der Waals surface area contributed by atoms with Gasteiger partial charge >= 0.3 is 5.97 Å². The predicted molar refractivity (Wildman–Crippen MR) is 70.8 cm³/mol. The maximum atomic E-state index is 12.6. The predicted octanol–water partition coefficient (Wildman–Crippen LogP) is 1.66. The van der Waals surface area contributed by atoms with Gasteiger partial charge in [-0.15, -0.1) is 0 Å². The molecule has 0 aliphatic rings. The highest BCUT2D eigenvalue weighted by atomic mass is 19.1. The van der Waals surface area contributed by atoms with Gasteiger partial charge in [0.25, 0.3) is 0 Å². The fraction of sp³-hybridized carbons (Fsp3) is 0.429. The molecular formula is C14H18FNO4. The summed E-state index contributed by atoms with van der Waals surface area (Å²) in [4.78, 5) is 22.2. The summed E-state index contributed by atoms with van der Waals surface area (Å²) in [6.45, 7) is 0.639. The summed E-state index contributed by atoms with van der Waals surface area (Å²) in [6, 6.07) is 5.70. The molecule has 1 aromatic rings. The third-order valence-corrected chi connectivity index (χ3v) is 2.51. The van der Waals surface area contributed by atoms with Crippen LogP contribution in [-0.4, -0.2) is 32.1 Å². The van der Waals surface area contributed by atoms with Crippen LogP contribution in [0.3, 0.4) is 0 Å². The lowest BCUT2D eigenvalue weighted by atomic mass is 10.3. The largest absolute Gasteiger partial charge is 0.494 e. The first kappa shape index (κ1) is 15.9. The molecule has 0 heterocycles. The van der Waals surface area contributed by atoms with Gasteiger partial charge in [-0.3, -0.25) is 9.59 Å². The van der Waals surface area contributed by atoms with Crippen LogP contribution in [0, 0.1) is 5.82 Å². The monoisotopic (exact) mass is 283 g/mol. The molecule has 0 aromatic heterocycles. The highest BCUT2D eigenvalue weighted by Crippen LogP contribution is 2.11. The second kappa shape index (κ2) is 8.90. The molecule has 0 radical (unpaired) electrons. The van der Waals surface area contributed by atoms with Crippen molar-refractivity contribution in [3.63, 3.8) is 0 Å². The van der Waals surface area contributed by atoms with Gasteiger partial charge in [-0.2, -0.15) is 0 Å². The number of benzene rings is 1. The minimum atomic E-state index is -0.357. The molecule has 6 heteroatoms. The molecule has 0 fully saturated rings. The van der Waals surface area contributed by atoms with E-state index in [9.17, 15) is 14.0 Å². The second-order valence-corrected chi connectivity index (χ2v) is 4.08. The fourth-order valence-corrected chi connectivity index (χ4v) is 1.45. The zero-order chi connectivity index (χ0) is 14.8. The molecule has 0 saturated heterocycles. The van der Waals surface area contributed by atoms with Gasteiger partial charge in [0.15, 0.2) is 0 Å². The first-order valence-electron chi connectivity index (χ1n) is 6.33. The summed E-state index contributed by atoms with van der Waals surface area (Å²) >= 11 is 0. The molecule has 1 amide bonds. The number of methoxy groups -OCH3 is 1. The van der Waals surface area contributed by atoms with E-state index >= 15 is 0 Å². The highest BCUT2D eigenvalue weighted by Gasteiger charge is 2.04. The van der Waals surface area contributed by atoms with Gasteiger partial charge in [0.2, 0.25) is 5.91 Å². The molecule has 1 aromatic carbocycles. The summed E-state index contributed by atoms with van der Waals surface area (Å²) in [7, 11) is 1.30. The van der Waals surface area contributed by atoms with Gasteiger partial charge < -0.3 is 14.8 Å². The Labute approximate surface area is 117 Å². The van der Waals surface area contributed by atoms with E-state index in [-0.39, 0.29) is 30.7 Å². The Bertz CT molecular complexity index is 433. The third kappa shape index (κ3) is 6.72. The lowest BCUT2D eigenvalue weighted by molar-refractivity contribution is -0.140. The third-order valence-electron chi connectivity index (χ3n) is 2.51. The normalized spacial score (nSPS) is 9.90. The molecule has 0 unspecified atom stereocenters. The Morgan fingerprint density at radius 2 is 1.90 bits per heavy atom. The number of hydrogen-bond donors (Lipinski definition) is 1. The van der Waals surface area contributed by atoms with E-state index in [0.717, 1.165) is 0 Å². The van der Waals surface area contributed by atoms with Crippen molar-refractivity contribution in [2.45, 2.75) is 19.3 Å². The smallest absolute Gasteiger partial charge is 0.307 e. The van der Waals surface area contributed by atoms with Crippen LogP contribution in [0.4, 0.5) is 4.39 Å². The molecule has 1 rings (SSSR count). The van der Waals surface area contributed by atoms with E-state index in [0.29, 0.717) is 25.2 Å². The summed E-state index contributed by atoms with van der Waals surface area (Å²) in [5, 5.41) is 2.61. The first-order valence-corrected chi connectivity index (χ1v) is 6.33. The molecule has 0 atom stereocenters. The summed E-state index contributed by atoms with van der Waals surface area (Å²) in [6.07, 6.45) is 1.01. The maximum absolute atomic E-state index is 12.6. The maximum Gasteiger partial charge on any atom is 0.307 e. The van der Waals surface area contributed by atoms with Gasteiger partial charge in [-0.05, 0) is 30.7 Å². The quantitative estimate of drug-likeness (QED) is 0.582. The van der Waals surface area contributed by atoms with Crippen molar-refractivity contribution in [3.05, 3.63) is 30.1 Å². The Morgan fingerprint density at radius 1 is 1.20 bits per heavy atom. The van der Waals surface area contributed by atoms with Crippen LogP contribution in [0.1, 0.15) is 19.3 Å². The number of esters is 1. The van der Waals surface area contributed by atoms with Crippen molar-refractivity contribution in [3.8, 4) is 5.75 Å². The van der Waals surface area contributed by atoms with E-state index in [1.54, 1.807) is 0 Å². The number of halogens is 1. The SMILES string of the molecule is COC(=O)CCNC(=O)CCCOc1ccc(F)cc1. The van der Waals surface area contributed by atoms with Gasteiger partial charge in [0.1, 0.15) is 11.6 Å². The topological polar surface area (TPSA) is 64.6 Å². The number of nitrogens with one attached hydrogen (secondary N) is 1. The summed E-state index contributed by atoms with van der Waals surface area (Å²) < 4.78 is 22.4. The number of amides is 1. The number of rotatable bonds is 8. The van der Waals surface area contributed by atoms with Gasteiger partial charge in [-0.25, -0.2) is 4.39 Å². The van der Waals surface area contributed by atoms with Crippen molar-refractivity contribution in [2.24, 2.45) is 0 Å². The summed E-state index contributed by atoms with van der Waals surface area (Å²) in [5.41, 5.74) is 0. The van der Waals surface area contributed by atoms with Crippen molar-refractivity contribution in [1.82, 2.24) is 5.32 Å². The molecule has 1 N–H and O–H groups in total. The fourth-order valence-electron chi connectivity index (χ4n) is 1.45. The van der Waals surface area contributed by atoms with Crippen LogP contribution in [0.25, 0.3) is 0 Å². The lowest BCUT2D eigenvalue weighted by Gasteiger charge is -2.06. The molecule has 0 saturated carbocycles.